The average Bonchev–Trinajstić information content (AvgIpc) is 2.60. The van der Waals surface area contributed by atoms with Crippen molar-refractivity contribution in [2.75, 3.05) is 0 Å². The lowest BCUT2D eigenvalue weighted by Crippen LogP contribution is -2.26. The van der Waals surface area contributed by atoms with Crippen LogP contribution in [0.3, 0.4) is 0 Å². The van der Waals surface area contributed by atoms with E-state index in [0.29, 0.717) is 0 Å². The quantitative estimate of drug-likeness (QED) is 0.705. The van der Waals surface area contributed by atoms with Crippen LogP contribution in [-0.4, -0.2) is 12.1 Å². The fraction of sp³-hybridized carbons (Fsp3) is 0.857. The van der Waals surface area contributed by atoms with Gasteiger partial charge in [-0.2, -0.15) is 13.2 Å². The lowest BCUT2D eigenvalue weighted by atomic mass is 9.99. The molecule has 1 saturated carbocycles. The van der Waals surface area contributed by atoms with Crippen LogP contribution in [0.2, 0.25) is 0 Å². The molecule has 0 saturated heterocycles. The van der Waals surface area contributed by atoms with Gasteiger partial charge >= 0.3 is 6.18 Å². The van der Waals surface area contributed by atoms with Crippen molar-refractivity contribution in [3.8, 4) is 0 Å². The summed E-state index contributed by atoms with van der Waals surface area (Å²) in [6.07, 6.45) is -4.19. The first-order chi connectivity index (χ1) is 5.37. The van der Waals surface area contributed by atoms with E-state index < -0.39 is 17.5 Å². The Morgan fingerprint density at radius 3 is 2.17 bits per heavy atom. The summed E-state index contributed by atoms with van der Waals surface area (Å²) in [4.78, 5) is 10.3. The second-order valence-electron chi connectivity index (χ2n) is 3.24. The third-order valence-corrected chi connectivity index (χ3v) is 2.30. The van der Waals surface area contributed by atoms with Crippen LogP contribution in [0.25, 0.3) is 0 Å². The Morgan fingerprint density at radius 2 is 1.92 bits per heavy atom. The van der Waals surface area contributed by atoms with Crippen molar-refractivity contribution in [1.29, 1.82) is 0 Å². The topological polar surface area (TPSA) is 43.1 Å². The summed E-state index contributed by atoms with van der Waals surface area (Å²) in [5.41, 5.74) is 3.18. The molecule has 0 aromatic heterocycles. The molecular weight excluding hydrogens is 171 g/mol. The first kappa shape index (κ1) is 9.35. The van der Waals surface area contributed by atoms with Crippen molar-refractivity contribution in [2.24, 2.45) is 11.1 Å². The van der Waals surface area contributed by atoms with E-state index in [0.717, 1.165) is 0 Å². The summed E-state index contributed by atoms with van der Waals surface area (Å²) in [6.45, 7) is 0. The van der Waals surface area contributed by atoms with Gasteiger partial charge in [-0.15, -0.1) is 0 Å². The van der Waals surface area contributed by atoms with Gasteiger partial charge in [-0.25, -0.2) is 0 Å². The molecule has 0 heterocycles. The van der Waals surface area contributed by atoms with Crippen molar-refractivity contribution >= 4 is 5.91 Å². The maximum absolute atomic E-state index is 12.2. The molecule has 1 fully saturated rings. The maximum atomic E-state index is 12.2. The predicted molar refractivity (Wildman–Crippen MR) is 36.2 cm³/mol. The van der Waals surface area contributed by atoms with Crippen LogP contribution >= 0.6 is 0 Å². The monoisotopic (exact) mass is 181 g/mol. The van der Waals surface area contributed by atoms with Gasteiger partial charge in [0.15, 0.2) is 0 Å². The molecule has 0 unspecified atom stereocenters. The Hall–Kier alpha value is -0.740. The van der Waals surface area contributed by atoms with E-state index in [4.69, 9.17) is 5.73 Å². The predicted octanol–water partition coefficient (Wildman–Crippen LogP) is 1.59. The van der Waals surface area contributed by atoms with Gasteiger partial charge in [0, 0.05) is 6.42 Å². The first-order valence-electron chi connectivity index (χ1n) is 3.72. The zero-order valence-corrected chi connectivity index (χ0v) is 6.45. The number of primary amides is 1. The van der Waals surface area contributed by atoms with E-state index >= 15 is 0 Å². The zero-order valence-electron chi connectivity index (χ0n) is 6.45. The van der Waals surface area contributed by atoms with Crippen LogP contribution in [0.5, 0.6) is 0 Å². The molecule has 2 nitrogen and oxygen atoms in total. The van der Waals surface area contributed by atoms with E-state index in [1.165, 1.54) is 0 Å². The highest BCUT2D eigenvalue weighted by atomic mass is 19.4. The number of alkyl halides is 3. The van der Waals surface area contributed by atoms with E-state index in [2.05, 4.69) is 0 Å². The number of rotatable bonds is 3. The van der Waals surface area contributed by atoms with E-state index in [9.17, 15) is 18.0 Å². The smallest absolute Gasteiger partial charge is 0.370 e. The summed E-state index contributed by atoms with van der Waals surface area (Å²) in [5.74, 6) is -0.662. The third kappa shape index (κ3) is 1.70. The summed E-state index contributed by atoms with van der Waals surface area (Å²) in [6, 6.07) is 0. The molecule has 1 aliphatic carbocycles. The Balaban J connectivity index is 2.46. The largest absolute Gasteiger partial charge is 0.394 e. The molecule has 12 heavy (non-hydrogen) atoms. The van der Waals surface area contributed by atoms with Crippen LogP contribution in [0.4, 0.5) is 13.2 Å². The van der Waals surface area contributed by atoms with Crippen molar-refractivity contribution in [3.63, 3.8) is 0 Å². The van der Waals surface area contributed by atoms with Crippen LogP contribution in [-0.2, 0) is 4.79 Å². The molecule has 0 atom stereocenters. The number of hydrogen-bond acceptors (Lipinski definition) is 1. The van der Waals surface area contributed by atoms with E-state index in [-0.39, 0.29) is 25.7 Å². The summed E-state index contributed by atoms with van der Waals surface area (Å²) in [7, 11) is 0. The number of carbonyl (C=O) groups excluding carboxylic acids is 1. The fourth-order valence-corrected chi connectivity index (χ4v) is 1.19. The van der Waals surface area contributed by atoms with Gasteiger partial charge in [-0.05, 0) is 19.3 Å². The SMILES string of the molecule is NC(=O)CCC1(C(F)(F)F)CC1. The maximum Gasteiger partial charge on any atom is 0.394 e. The molecule has 0 bridgehead atoms. The molecule has 0 aromatic rings. The molecule has 5 heteroatoms. The number of halogens is 3. The third-order valence-electron chi connectivity index (χ3n) is 2.30. The number of carbonyl (C=O) groups is 1. The minimum Gasteiger partial charge on any atom is -0.370 e. The molecule has 1 aliphatic rings. The second kappa shape index (κ2) is 2.64. The minimum absolute atomic E-state index is 0.143. The average molecular weight is 181 g/mol. The summed E-state index contributed by atoms with van der Waals surface area (Å²) in [5, 5.41) is 0. The van der Waals surface area contributed by atoms with Crippen LogP contribution in [0.1, 0.15) is 25.7 Å². The van der Waals surface area contributed by atoms with Crippen molar-refractivity contribution < 1.29 is 18.0 Å². The number of nitrogens with two attached hydrogens (primary N) is 1. The van der Waals surface area contributed by atoms with E-state index in [1.54, 1.807) is 0 Å². The zero-order chi connectivity index (χ0) is 9.41. The molecule has 0 spiro atoms. The molecular formula is C7H10F3NO. The normalized spacial score (nSPS) is 20.6. The van der Waals surface area contributed by atoms with Gasteiger partial charge in [0.25, 0.3) is 0 Å². The molecule has 2 N–H and O–H groups in total. The van der Waals surface area contributed by atoms with Crippen LogP contribution in [0, 0.1) is 5.41 Å². The van der Waals surface area contributed by atoms with Gasteiger partial charge in [-0.1, -0.05) is 0 Å². The molecule has 1 amide bonds. The van der Waals surface area contributed by atoms with Gasteiger partial charge in [-0.3, -0.25) is 4.79 Å². The van der Waals surface area contributed by atoms with Crippen molar-refractivity contribution in [3.05, 3.63) is 0 Å². The Bertz CT molecular complexity index is 195. The summed E-state index contributed by atoms with van der Waals surface area (Å²) >= 11 is 0. The number of amides is 1. The second-order valence-corrected chi connectivity index (χ2v) is 3.24. The summed E-state index contributed by atoms with van der Waals surface area (Å²) < 4.78 is 36.6. The molecule has 70 valence electrons. The molecule has 1 rings (SSSR count). The molecule has 0 radical (unpaired) electrons. The highest BCUT2D eigenvalue weighted by Crippen LogP contribution is 2.60. The lowest BCUT2D eigenvalue weighted by Gasteiger charge is -2.17. The minimum atomic E-state index is -4.16. The standard InChI is InChI=1S/C7H10F3NO/c8-7(9,10)6(3-4-6)2-1-5(11)12/h1-4H2,(H2,11,12). The Kier molecular flexibility index (Phi) is 2.06. The van der Waals surface area contributed by atoms with Gasteiger partial charge < -0.3 is 5.73 Å². The van der Waals surface area contributed by atoms with Gasteiger partial charge in [0.1, 0.15) is 0 Å². The molecule has 0 aliphatic heterocycles. The van der Waals surface area contributed by atoms with E-state index in [1.807, 2.05) is 0 Å². The van der Waals surface area contributed by atoms with Gasteiger partial charge in [0.2, 0.25) is 5.91 Å². The molecule has 0 aromatic carbocycles. The Morgan fingerprint density at radius 1 is 1.42 bits per heavy atom. The fourth-order valence-electron chi connectivity index (χ4n) is 1.19. The van der Waals surface area contributed by atoms with Crippen LogP contribution in [0.15, 0.2) is 0 Å². The van der Waals surface area contributed by atoms with Crippen molar-refractivity contribution in [1.82, 2.24) is 0 Å². The van der Waals surface area contributed by atoms with Crippen LogP contribution < -0.4 is 5.73 Å². The van der Waals surface area contributed by atoms with Gasteiger partial charge in [0.05, 0.1) is 5.41 Å². The first-order valence-corrected chi connectivity index (χ1v) is 3.72. The number of hydrogen-bond donors (Lipinski definition) is 1. The highest BCUT2D eigenvalue weighted by molar-refractivity contribution is 5.73. The highest BCUT2D eigenvalue weighted by Gasteiger charge is 2.62. The van der Waals surface area contributed by atoms with Crippen molar-refractivity contribution in [2.45, 2.75) is 31.9 Å². The Labute approximate surface area is 67.9 Å². The lowest BCUT2D eigenvalue weighted by molar-refractivity contribution is -0.189.